The maximum absolute atomic E-state index is 11.9. The van der Waals surface area contributed by atoms with E-state index in [1.165, 1.54) is 11.1 Å². The molecular weight excluding hydrogens is 236 g/mol. The number of hydrogen-bond donors (Lipinski definition) is 2. The lowest BCUT2D eigenvalue weighted by molar-refractivity contribution is -0.121. The van der Waals surface area contributed by atoms with Crippen LogP contribution in [0.15, 0.2) is 18.2 Å². The van der Waals surface area contributed by atoms with Gasteiger partial charge in [-0.25, -0.2) is 0 Å². The molecule has 0 aliphatic rings. The van der Waals surface area contributed by atoms with E-state index in [4.69, 9.17) is 0 Å². The molecule has 1 amide bonds. The van der Waals surface area contributed by atoms with Gasteiger partial charge in [-0.3, -0.25) is 4.79 Å². The third kappa shape index (κ3) is 5.33. The van der Waals surface area contributed by atoms with Crippen LogP contribution < -0.4 is 10.6 Å². The summed E-state index contributed by atoms with van der Waals surface area (Å²) in [4.78, 5) is 11.9. The Bertz CT molecular complexity index is 427. The number of rotatable bonds is 6. The van der Waals surface area contributed by atoms with Gasteiger partial charge in [0.25, 0.3) is 0 Å². The highest BCUT2D eigenvalue weighted by atomic mass is 16.2. The maximum atomic E-state index is 11.9. The topological polar surface area (TPSA) is 41.1 Å². The minimum atomic E-state index is -0.214. The smallest absolute Gasteiger partial charge is 0.242 e. The zero-order valence-electron chi connectivity index (χ0n) is 12.7. The third-order valence-electron chi connectivity index (χ3n) is 3.30. The van der Waals surface area contributed by atoms with Crippen LogP contribution in [0.2, 0.25) is 0 Å². The van der Waals surface area contributed by atoms with Crippen LogP contribution in [0.4, 0.5) is 5.69 Å². The number of amides is 1. The van der Waals surface area contributed by atoms with Crippen LogP contribution in [-0.4, -0.2) is 18.5 Å². The van der Waals surface area contributed by atoms with Crippen molar-refractivity contribution in [3.8, 4) is 0 Å². The number of carbonyl (C=O) groups is 1. The lowest BCUT2D eigenvalue weighted by Crippen LogP contribution is -2.38. The molecule has 0 saturated carbocycles. The number of benzene rings is 1. The summed E-state index contributed by atoms with van der Waals surface area (Å²) in [5.41, 5.74) is 3.49. The summed E-state index contributed by atoms with van der Waals surface area (Å²) in [6.07, 6.45) is 1.02. The van der Waals surface area contributed by atoms with Gasteiger partial charge < -0.3 is 10.6 Å². The van der Waals surface area contributed by atoms with Crippen LogP contribution in [-0.2, 0) is 4.79 Å². The fraction of sp³-hybridized carbons (Fsp3) is 0.562. The molecule has 0 bridgehead atoms. The number of carbonyl (C=O) groups excluding carboxylic acids is 1. The van der Waals surface area contributed by atoms with Crippen LogP contribution in [0, 0.1) is 19.8 Å². The van der Waals surface area contributed by atoms with Crippen molar-refractivity contribution in [1.82, 2.24) is 5.32 Å². The predicted octanol–water partition coefficient (Wildman–Crippen LogP) is 3.27. The van der Waals surface area contributed by atoms with Gasteiger partial charge in [-0.05, 0) is 56.4 Å². The molecule has 2 N–H and O–H groups in total. The molecule has 0 heterocycles. The molecular formula is C16H26N2O. The van der Waals surface area contributed by atoms with Crippen molar-refractivity contribution in [1.29, 1.82) is 0 Å². The quantitative estimate of drug-likeness (QED) is 0.826. The van der Waals surface area contributed by atoms with Crippen LogP contribution in [0.5, 0.6) is 0 Å². The molecule has 3 heteroatoms. The fourth-order valence-corrected chi connectivity index (χ4v) is 1.78. The van der Waals surface area contributed by atoms with E-state index in [1.54, 1.807) is 0 Å². The molecule has 0 radical (unpaired) electrons. The zero-order valence-corrected chi connectivity index (χ0v) is 12.7. The average Bonchev–Trinajstić information content (AvgIpc) is 2.33. The van der Waals surface area contributed by atoms with Gasteiger partial charge in [-0.2, -0.15) is 0 Å². The van der Waals surface area contributed by atoms with Gasteiger partial charge in [0.2, 0.25) is 5.91 Å². The first-order chi connectivity index (χ1) is 8.90. The van der Waals surface area contributed by atoms with Gasteiger partial charge in [0.1, 0.15) is 6.04 Å². The maximum Gasteiger partial charge on any atom is 0.242 e. The van der Waals surface area contributed by atoms with Gasteiger partial charge in [0, 0.05) is 12.2 Å². The van der Waals surface area contributed by atoms with Crippen LogP contribution >= 0.6 is 0 Å². The highest BCUT2D eigenvalue weighted by Gasteiger charge is 2.12. The molecule has 1 aromatic carbocycles. The Morgan fingerprint density at radius 2 is 1.84 bits per heavy atom. The van der Waals surface area contributed by atoms with Gasteiger partial charge in [0.05, 0.1) is 0 Å². The van der Waals surface area contributed by atoms with Crippen molar-refractivity contribution in [2.24, 2.45) is 5.92 Å². The Balaban J connectivity index is 2.47. The standard InChI is InChI=1S/C16H26N2O/c1-11(2)8-9-17-16(19)14(5)18-15-7-6-12(3)13(4)10-15/h6-7,10-11,14,18H,8-9H2,1-5H3,(H,17,19)/t14-/m0/s1. The summed E-state index contributed by atoms with van der Waals surface area (Å²) in [7, 11) is 0. The van der Waals surface area contributed by atoms with E-state index >= 15 is 0 Å². The molecule has 0 aromatic heterocycles. The van der Waals surface area contributed by atoms with E-state index in [1.807, 2.05) is 13.0 Å². The summed E-state index contributed by atoms with van der Waals surface area (Å²) < 4.78 is 0. The summed E-state index contributed by atoms with van der Waals surface area (Å²) >= 11 is 0. The Morgan fingerprint density at radius 3 is 2.42 bits per heavy atom. The van der Waals surface area contributed by atoms with Crippen molar-refractivity contribution >= 4 is 11.6 Å². The van der Waals surface area contributed by atoms with Crippen LogP contribution in [0.25, 0.3) is 0 Å². The Morgan fingerprint density at radius 1 is 1.16 bits per heavy atom. The minimum Gasteiger partial charge on any atom is -0.374 e. The first-order valence-corrected chi connectivity index (χ1v) is 7.01. The molecule has 19 heavy (non-hydrogen) atoms. The lowest BCUT2D eigenvalue weighted by atomic mass is 10.1. The van der Waals surface area contributed by atoms with Crippen molar-refractivity contribution in [3.05, 3.63) is 29.3 Å². The van der Waals surface area contributed by atoms with E-state index < -0.39 is 0 Å². The highest BCUT2D eigenvalue weighted by molar-refractivity contribution is 5.84. The average molecular weight is 262 g/mol. The van der Waals surface area contributed by atoms with E-state index in [2.05, 4.69) is 50.5 Å². The minimum absolute atomic E-state index is 0.0545. The Labute approximate surface area is 116 Å². The zero-order chi connectivity index (χ0) is 14.4. The number of nitrogens with one attached hydrogen (secondary N) is 2. The molecule has 0 aliphatic carbocycles. The van der Waals surface area contributed by atoms with E-state index in [0.717, 1.165) is 18.7 Å². The molecule has 1 rings (SSSR count). The molecule has 3 nitrogen and oxygen atoms in total. The number of aryl methyl sites for hydroxylation is 2. The van der Waals surface area contributed by atoms with E-state index in [9.17, 15) is 4.79 Å². The highest BCUT2D eigenvalue weighted by Crippen LogP contribution is 2.15. The van der Waals surface area contributed by atoms with Crippen LogP contribution in [0.3, 0.4) is 0 Å². The SMILES string of the molecule is Cc1ccc(N[C@@H](C)C(=O)NCCC(C)C)cc1C. The Kier molecular flexibility index (Phi) is 5.87. The largest absolute Gasteiger partial charge is 0.374 e. The lowest BCUT2D eigenvalue weighted by Gasteiger charge is -2.16. The van der Waals surface area contributed by atoms with Gasteiger partial charge in [-0.1, -0.05) is 19.9 Å². The first kappa shape index (κ1) is 15.5. The monoisotopic (exact) mass is 262 g/mol. The second kappa shape index (κ2) is 7.17. The van der Waals surface area contributed by atoms with Crippen molar-refractivity contribution < 1.29 is 4.79 Å². The summed E-state index contributed by atoms with van der Waals surface area (Å²) in [6.45, 7) is 11.1. The van der Waals surface area contributed by atoms with Gasteiger partial charge in [-0.15, -0.1) is 0 Å². The van der Waals surface area contributed by atoms with Gasteiger partial charge >= 0.3 is 0 Å². The summed E-state index contributed by atoms with van der Waals surface area (Å²) in [5.74, 6) is 0.669. The second-order valence-electron chi connectivity index (χ2n) is 5.64. The molecule has 1 aromatic rings. The van der Waals surface area contributed by atoms with Crippen molar-refractivity contribution in [2.75, 3.05) is 11.9 Å². The molecule has 0 aliphatic heterocycles. The normalized spacial score (nSPS) is 12.3. The first-order valence-electron chi connectivity index (χ1n) is 7.01. The Hall–Kier alpha value is -1.51. The predicted molar refractivity (Wildman–Crippen MR) is 81.5 cm³/mol. The van der Waals surface area contributed by atoms with Gasteiger partial charge in [0.15, 0.2) is 0 Å². The molecule has 1 atom stereocenters. The number of hydrogen-bond acceptors (Lipinski definition) is 2. The second-order valence-corrected chi connectivity index (χ2v) is 5.64. The fourth-order valence-electron chi connectivity index (χ4n) is 1.78. The van der Waals surface area contributed by atoms with Crippen molar-refractivity contribution in [3.63, 3.8) is 0 Å². The molecule has 106 valence electrons. The molecule has 0 spiro atoms. The molecule has 0 saturated heterocycles. The summed E-state index contributed by atoms with van der Waals surface area (Å²) in [6, 6.07) is 5.95. The molecule has 0 fully saturated rings. The van der Waals surface area contributed by atoms with E-state index in [0.29, 0.717) is 5.92 Å². The molecule has 0 unspecified atom stereocenters. The van der Waals surface area contributed by atoms with Crippen molar-refractivity contribution in [2.45, 2.75) is 47.1 Å². The third-order valence-corrected chi connectivity index (χ3v) is 3.30. The van der Waals surface area contributed by atoms with E-state index in [-0.39, 0.29) is 11.9 Å². The number of anilines is 1. The summed E-state index contributed by atoms with van der Waals surface area (Å²) in [5, 5.41) is 6.19. The van der Waals surface area contributed by atoms with Crippen LogP contribution in [0.1, 0.15) is 38.3 Å².